The van der Waals surface area contributed by atoms with E-state index in [1.165, 1.54) is 12.1 Å². The number of amides is 1. The molecule has 5 nitrogen and oxygen atoms in total. The number of hydrogen-bond donors (Lipinski definition) is 1. The lowest BCUT2D eigenvalue weighted by molar-refractivity contribution is -0.384. The van der Waals surface area contributed by atoms with E-state index in [4.69, 9.17) is 0 Å². The maximum atomic E-state index is 12.7. The largest absolute Gasteiger partial charge is 0.347 e. The van der Waals surface area contributed by atoms with Crippen LogP contribution in [0, 0.1) is 10.1 Å². The second-order valence-electron chi connectivity index (χ2n) is 6.48. The Labute approximate surface area is 141 Å². The third-order valence-corrected chi connectivity index (χ3v) is 3.23. The highest BCUT2D eigenvalue weighted by molar-refractivity contribution is 6.24. The van der Waals surface area contributed by atoms with Crippen LogP contribution < -0.4 is 5.32 Å². The fraction of sp³-hybridized carbons (Fsp3) is 0.211. The smallest absolute Gasteiger partial charge is 0.269 e. The Kier molecular flexibility index (Phi) is 5.14. The van der Waals surface area contributed by atoms with Crippen LogP contribution in [0.2, 0.25) is 0 Å². The van der Waals surface area contributed by atoms with E-state index in [0.717, 1.165) is 11.1 Å². The molecule has 0 aromatic heterocycles. The summed E-state index contributed by atoms with van der Waals surface area (Å²) < 4.78 is 0. The molecule has 5 heteroatoms. The molecule has 2 aromatic rings. The number of nitrogens with one attached hydrogen (secondary N) is 1. The number of hydrogen-bond acceptors (Lipinski definition) is 3. The van der Waals surface area contributed by atoms with Crippen molar-refractivity contribution in [3.05, 3.63) is 75.8 Å². The van der Waals surface area contributed by atoms with E-state index in [1.807, 2.05) is 51.1 Å². The van der Waals surface area contributed by atoms with E-state index in [-0.39, 0.29) is 17.1 Å². The number of carbonyl (C=O) groups excluding carboxylic acids is 1. The van der Waals surface area contributed by atoms with Crippen LogP contribution in [0.1, 0.15) is 31.9 Å². The second-order valence-corrected chi connectivity index (χ2v) is 6.48. The Balaban J connectivity index is 2.42. The van der Waals surface area contributed by atoms with Crippen molar-refractivity contribution in [1.29, 1.82) is 0 Å². The summed E-state index contributed by atoms with van der Waals surface area (Å²) in [7, 11) is 0. The first-order chi connectivity index (χ1) is 11.3. The lowest BCUT2D eigenvalue weighted by Gasteiger charge is -2.21. The van der Waals surface area contributed by atoms with Gasteiger partial charge in [-0.1, -0.05) is 30.3 Å². The van der Waals surface area contributed by atoms with Gasteiger partial charge in [-0.2, -0.15) is 0 Å². The average molecular weight is 324 g/mol. The van der Waals surface area contributed by atoms with Gasteiger partial charge in [0.2, 0.25) is 0 Å². The third kappa shape index (κ3) is 4.78. The quantitative estimate of drug-likeness (QED) is 0.399. The average Bonchev–Trinajstić information content (AvgIpc) is 2.52. The molecule has 0 atom stereocenters. The molecule has 0 saturated heterocycles. The van der Waals surface area contributed by atoms with E-state index in [2.05, 4.69) is 5.32 Å². The zero-order valence-corrected chi connectivity index (χ0v) is 13.9. The molecule has 0 aliphatic carbocycles. The van der Waals surface area contributed by atoms with Gasteiger partial charge in [-0.25, -0.2) is 0 Å². The van der Waals surface area contributed by atoms with Crippen molar-refractivity contribution < 1.29 is 9.72 Å². The van der Waals surface area contributed by atoms with Gasteiger partial charge in [0.25, 0.3) is 11.6 Å². The molecule has 0 aliphatic rings. The Morgan fingerprint density at radius 2 is 1.62 bits per heavy atom. The zero-order valence-electron chi connectivity index (χ0n) is 13.9. The monoisotopic (exact) mass is 324 g/mol. The van der Waals surface area contributed by atoms with Crippen molar-refractivity contribution in [2.75, 3.05) is 0 Å². The second kappa shape index (κ2) is 7.08. The number of benzene rings is 2. The van der Waals surface area contributed by atoms with Crippen LogP contribution in [-0.4, -0.2) is 16.4 Å². The summed E-state index contributed by atoms with van der Waals surface area (Å²) in [5, 5.41) is 13.7. The highest BCUT2D eigenvalue weighted by Crippen LogP contribution is 2.21. The first-order valence-corrected chi connectivity index (χ1v) is 7.60. The molecular weight excluding hydrogens is 304 g/mol. The maximum Gasteiger partial charge on any atom is 0.269 e. The molecule has 1 amide bonds. The molecule has 2 rings (SSSR count). The maximum absolute atomic E-state index is 12.7. The van der Waals surface area contributed by atoms with E-state index in [0.29, 0.717) is 5.57 Å². The Bertz CT molecular complexity index is 757. The Morgan fingerprint density at radius 3 is 2.12 bits per heavy atom. The van der Waals surface area contributed by atoms with E-state index < -0.39 is 4.92 Å². The molecule has 0 fully saturated rings. The highest BCUT2D eigenvalue weighted by Gasteiger charge is 2.18. The molecule has 0 heterocycles. The highest BCUT2D eigenvalue weighted by atomic mass is 16.6. The molecule has 0 bridgehead atoms. The molecule has 0 aliphatic heterocycles. The molecule has 2 aromatic carbocycles. The van der Waals surface area contributed by atoms with Gasteiger partial charge < -0.3 is 5.32 Å². The van der Waals surface area contributed by atoms with Gasteiger partial charge in [0, 0.05) is 23.2 Å². The predicted molar refractivity (Wildman–Crippen MR) is 95.3 cm³/mol. The lowest BCUT2D eigenvalue weighted by atomic mass is 10.00. The number of carbonyl (C=O) groups is 1. The van der Waals surface area contributed by atoms with Crippen molar-refractivity contribution in [1.82, 2.24) is 5.32 Å². The fourth-order valence-electron chi connectivity index (χ4n) is 2.16. The van der Waals surface area contributed by atoms with Crippen LogP contribution in [0.15, 0.2) is 54.6 Å². The van der Waals surface area contributed by atoms with Crippen molar-refractivity contribution in [2.24, 2.45) is 0 Å². The molecule has 0 unspecified atom stereocenters. The van der Waals surface area contributed by atoms with Crippen LogP contribution in [0.25, 0.3) is 11.6 Å². The topological polar surface area (TPSA) is 72.2 Å². The zero-order chi connectivity index (χ0) is 17.7. The van der Waals surface area contributed by atoms with Crippen molar-refractivity contribution in [3.8, 4) is 0 Å². The van der Waals surface area contributed by atoms with Crippen molar-refractivity contribution in [3.63, 3.8) is 0 Å². The first-order valence-electron chi connectivity index (χ1n) is 7.60. The van der Waals surface area contributed by atoms with Crippen LogP contribution >= 0.6 is 0 Å². The SMILES string of the molecule is CC(C)(C)NC(=O)/C(=C/c1ccc([N+](=O)[O-])cc1)c1ccccc1. The minimum absolute atomic E-state index is 0.0209. The summed E-state index contributed by atoms with van der Waals surface area (Å²) >= 11 is 0. The summed E-state index contributed by atoms with van der Waals surface area (Å²) in [6, 6.07) is 15.4. The molecular formula is C19H20N2O3. The summed E-state index contributed by atoms with van der Waals surface area (Å²) in [5.74, 6) is -0.188. The number of nitro benzene ring substituents is 1. The molecule has 124 valence electrons. The minimum Gasteiger partial charge on any atom is -0.347 e. The normalized spacial score (nSPS) is 11.9. The fourth-order valence-corrected chi connectivity index (χ4v) is 2.16. The van der Waals surface area contributed by atoms with Crippen LogP contribution in [0.4, 0.5) is 5.69 Å². The lowest BCUT2D eigenvalue weighted by Crippen LogP contribution is -2.40. The van der Waals surface area contributed by atoms with Crippen LogP contribution in [-0.2, 0) is 4.79 Å². The van der Waals surface area contributed by atoms with E-state index in [1.54, 1.807) is 18.2 Å². The minimum atomic E-state index is -0.447. The van der Waals surface area contributed by atoms with E-state index >= 15 is 0 Å². The summed E-state index contributed by atoms with van der Waals surface area (Å²) in [4.78, 5) is 23.0. The van der Waals surface area contributed by atoms with Gasteiger partial charge >= 0.3 is 0 Å². The molecule has 0 saturated carbocycles. The standard InChI is InChI=1S/C19H20N2O3/c1-19(2,3)20-18(22)17(15-7-5-4-6-8-15)13-14-9-11-16(12-10-14)21(23)24/h4-13H,1-3H3,(H,20,22)/b17-13+. The van der Waals surface area contributed by atoms with Gasteiger partial charge in [0.15, 0.2) is 0 Å². The van der Waals surface area contributed by atoms with E-state index in [9.17, 15) is 14.9 Å². The number of nitrogens with zero attached hydrogens (tertiary/aromatic N) is 1. The molecule has 1 N–H and O–H groups in total. The number of nitro groups is 1. The van der Waals surface area contributed by atoms with Gasteiger partial charge in [-0.05, 0) is 50.1 Å². The van der Waals surface area contributed by atoms with Gasteiger partial charge in [-0.15, -0.1) is 0 Å². The number of non-ortho nitro benzene ring substituents is 1. The molecule has 0 radical (unpaired) electrons. The molecule has 24 heavy (non-hydrogen) atoms. The predicted octanol–water partition coefficient (Wildman–Crippen LogP) is 4.05. The van der Waals surface area contributed by atoms with Crippen LogP contribution in [0.5, 0.6) is 0 Å². The van der Waals surface area contributed by atoms with Gasteiger partial charge in [-0.3, -0.25) is 14.9 Å². The first kappa shape index (κ1) is 17.4. The Hall–Kier alpha value is -2.95. The Morgan fingerprint density at radius 1 is 1.04 bits per heavy atom. The van der Waals surface area contributed by atoms with Gasteiger partial charge in [0.05, 0.1) is 4.92 Å². The van der Waals surface area contributed by atoms with Crippen molar-refractivity contribution >= 4 is 23.2 Å². The summed E-state index contributed by atoms with van der Waals surface area (Å²) in [5.41, 5.74) is 1.69. The number of rotatable bonds is 4. The van der Waals surface area contributed by atoms with Crippen molar-refractivity contribution in [2.45, 2.75) is 26.3 Å². The molecule has 0 spiro atoms. The van der Waals surface area contributed by atoms with Gasteiger partial charge in [0.1, 0.15) is 0 Å². The third-order valence-electron chi connectivity index (χ3n) is 3.23. The summed E-state index contributed by atoms with van der Waals surface area (Å²) in [6.07, 6.45) is 1.74. The van der Waals surface area contributed by atoms with Crippen LogP contribution in [0.3, 0.4) is 0 Å². The summed E-state index contributed by atoms with van der Waals surface area (Å²) in [6.45, 7) is 5.75.